The fourth-order valence-corrected chi connectivity index (χ4v) is 2.08. The third kappa shape index (κ3) is 4.25. The minimum Gasteiger partial charge on any atom is -0.214 e. The van der Waals surface area contributed by atoms with E-state index in [4.69, 9.17) is 5.26 Å². The number of unbranched alkanes of at least 4 members (excludes halogenated alkanes) is 1. The van der Waals surface area contributed by atoms with Crippen molar-refractivity contribution in [3.05, 3.63) is 0 Å². The van der Waals surface area contributed by atoms with Gasteiger partial charge in [0.2, 0.25) is 10.0 Å². The molecule has 0 spiro atoms. The topological polar surface area (TPSA) is 70.0 Å². The number of sulfonamides is 1. The number of rotatable bonds is 6. The van der Waals surface area contributed by atoms with Crippen LogP contribution in [-0.2, 0) is 10.0 Å². The normalized spacial score (nSPS) is 13.6. The Hall–Kier alpha value is -0.600. The molecule has 76 valence electrons. The SMILES string of the molecule is CCCCNS(=O)(=O)C(C#N)CC. The highest BCUT2D eigenvalue weighted by Crippen LogP contribution is 2.02. The van der Waals surface area contributed by atoms with E-state index in [9.17, 15) is 8.42 Å². The van der Waals surface area contributed by atoms with Gasteiger partial charge in [0.25, 0.3) is 0 Å². The zero-order valence-electron chi connectivity index (χ0n) is 8.08. The van der Waals surface area contributed by atoms with Gasteiger partial charge in [-0.2, -0.15) is 5.26 Å². The molecule has 0 aromatic carbocycles. The Bertz CT molecular complexity index is 266. The number of nitrogens with one attached hydrogen (secondary N) is 1. The Morgan fingerprint density at radius 1 is 1.46 bits per heavy atom. The van der Waals surface area contributed by atoms with Gasteiger partial charge in [-0.05, 0) is 12.8 Å². The summed E-state index contributed by atoms with van der Waals surface area (Å²) in [5, 5.41) is 7.64. The predicted molar refractivity (Wildman–Crippen MR) is 51.5 cm³/mol. The van der Waals surface area contributed by atoms with Gasteiger partial charge in [-0.15, -0.1) is 0 Å². The molecule has 0 aromatic rings. The van der Waals surface area contributed by atoms with Gasteiger partial charge >= 0.3 is 0 Å². The molecule has 5 heteroatoms. The molecule has 0 saturated heterocycles. The van der Waals surface area contributed by atoms with Crippen molar-refractivity contribution in [3.8, 4) is 6.07 Å². The highest BCUT2D eigenvalue weighted by atomic mass is 32.2. The fourth-order valence-electron chi connectivity index (χ4n) is 0.872. The summed E-state index contributed by atoms with van der Waals surface area (Å²) in [5.41, 5.74) is 0. The lowest BCUT2D eigenvalue weighted by atomic mass is 10.3. The predicted octanol–water partition coefficient (Wildman–Crippen LogP) is 1.01. The molecule has 0 saturated carbocycles. The summed E-state index contributed by atoms with van der Waals surface area (Å²) < 4.78 is 25.1. The summed E-state index contributed by atoms with van der Waals surface area (Å²) in [6, 6.07) is 1.77. The molecule has 0 aromatic heterocycles. The van der Waals surface area contributed by atoms with Gasteiger partial charge in [0.15, 0.2) is 5.25 Å². The van der Waals surface area contributed by atoms with Crippen LogP contribution in [0, 0.1) is 11.3 Å². The maximum Gasteiger partial charge on any atom is 0.227 e. The first-order chi connectivity index (χ1) is 6.08. The quantitative estimate of drug-likeness (QED) is 0.656. The second kappa shape index (κ2) is 5.95. The Balaban J connectivity index is 4.16. The Kier molecular flexibility index (Phi) is 5.67. The zero-order valence-corrected chi connectivity index (χ0v) is 8.89. The molecule has 0 aliphatic heterocycles. The van der Waals surface area contributed by atoms with Gasteiger partial charge in [-0.25, -0.2) is 13.1 Å². The molecule has 0 heterocycles. The van der Waals surface area contributed by atoms with Crippen LogP contribution < -0.4 is 4.72 Å². The first-order valence-electron chi connectivity index (χ1n) is 4.46. The van der Waals surface area contributed by atoms with Gasteiger partial charge in [0, 0.05) is 6.54 Å². The Morgan fingerprint density at radius 2 is 2.08 bits per heavy atom. The van der Waals surface area contributed by atoms with Crippen LogP contribution in [0.5, 0.6) is 0 Å². The van der Waals surface area contributed by atoms with Crippen molar-refractivity contribution in [1.29, 1.82) is 5.26 Å². The number of nitriles is 1. The summed E-state index contributed by atoms with van der Waals surface area (Å²) in [7, 11) is -3.41. The molecule has 1 N–H and O–H groups in total. The second-order valence-electron chi connectivity index (χ2n) is 2.82. The van der Waals surface area contributed by atoms with Crippen molar-refractivity contribution < 1.29 is 8.42 Å². The molecule has 1 unspecified atom stereocenters. The van der Waals surface area contributed by atoms with Crippen molar-refractivity contribution in [2.75, 3.05) is 6.54 Å². The van der Waals surface area contributed by atoms with E-state index in [0.717, 1.165) is 12.8 Å². The summed E-state index contributed by atoms with van der Waals surface area (Å²) in [6.45, 7) is 4.10. The highest BCUT2D eigenvalue weighted by molar-refractivity contribution is 7.90. The van der Waals surface area contributed by atoms with E-state index in [-0.39, 0.29) is 0 Å². The molecule has 13 heavy (non-hydrogen) atoms. The molecular formula is C8H16N2O2S. The minimum absolute atomic E-state index is 0.331. The lowest BCUT2D eigenvalue weighted by Gasteiger charge is -2.08. The van der Waals surface area contributed by atoms with Gasteiger partial charge < -0.3 is 0 Å². The number of nitrogens with zero attached hydrogens (tertiary/aromatic N) is 1. The summed E-state index contributed by atoms with van der Waals surface area (Å²) in [5.74, 6) is 0. The molecule has 0 aliphatic carbocycles. The van der Waals surface area contributed by atoms with Crippen LogP contribution in [0.1, 0.15) is 33.1 Å². The molecule has 0 rings (SSSR count). The van der Waals surface area contributed by atoms with E-state index < -0.39 is 15.3 Å². The average molecular weight is 204 g/mol. The summed E-state index contributed by atoms with van der Waals surface area (Å²) in [4.78, 5) is 0. The van der Waals surface area contributed by atoms with Crippen molar-refractivity contribution in [1.82, 2.24) is 4.72 Å². The van der Waals surface area contributed by atoms with E-state index in [1.165, 1.54) is 0 Å². The molecule has 0 radical (unpaired) electrons. The van der Waals surface area contributed by atoms with E-state index in [1.807, 2.05) is 6.92 Å². The fraction of sp³-hybridized carbons (Fsp3) is 0.875. The van der Waals surface area contributed by atoms with Crippen LogP contribution in [0.4, 0.5) is 0 Å². The van der Waals surface area contributed by atoms with Crippen LogP contribution >= 0.6 is 0 Å². The second-order valence-corrected chi connectivity index (χ2v) is 4.77. The van der Waals surface area contributed by atoms with Crippen LogP contribution in [0.2, 0.25) is 0 Å². The van der Waals surface area contributed by atoms with Crippen molar-refractivity contribution in [3.63, 3.8) is 0 Å². The molecular weight excluding hydrogens is 188 g/mol. The minimum atomic E-state index is -3.41. The van der Waals surface area contributed by atoms with E-state index in [1.54, 1.807) is 13.0 Å². The van der Waals surface area contributed by atoms with E-state index in [2.05, 4.69) is 4.72 Å². The Morgan fingerprint density at radius 3 is 2.46 bits per heavy atom. The van der Waals surface area contributed by atoms with Crippen LogP contribution in [0.3, 0.4) is 0 Å². The lowest BCUT2D eigenvalue weighted by Crippen LogP contribution is -2.33. The molecule has 0 amide bonds. The smallest absolute Gasteiger partial charge is 0.214 e. The van der Waals surface area contributed by atoms with E-state index in [0.29, 0.717) is 13.0 Å². The summed E-state index contributed by atoms with van der Waals surface area (Å²) in [6.07, 6.45) is 2.07. The third-order valence-electron chi connectivity index (χ3n) is 1.72. The zero-order chi connectivity index (χ0) is 10.3. The Labute approximate surface area is 80.0 Å². The maximum absolute atomic E-state index is 11.3. The van der Waals surface area contributed by atoms with Crippen LogP contribution in [-0.4, -0.2) is 20.2 Å². The van der Waals surface area contributed by atoms with Crippen molar-refractivity contribution >= 4 is 10.0 Å². The maximum atomic E-state index is 11.3. The molecule has 0 bridgehead atoms. The number of hydrogen-bond acceptors (Lipinski definition) is 3. The van der Waals surface area contributed by atoms with E-state index >= 15 is 0 Å². The van der Waals surface area contributed by atoms with Crippen LogP contribution in [0.25, 0.3) is 0 Å². The third-order valence-corrected chi connectivity index (χ3v) is 3.52. The molecule has 0 fully saturated rings. The molecule has 4 nitrogen and oxygen atoms in total. The lowest BCUT2D eigenvalue weighted by molar-refractivity contribution is 0.569. The molecule has 1 atom stereocenters. The van der Waals surface area contributed by atoms with Crippen molar-refractivity contribution in [2.45, 2.75) is 38.4 Å². The monoisotopic (exact) mass is 204 g/mol. The first kappa shape index (κ1) is 12.4. The standard InChI is InChI=1S/C8H16N2O2S/c1-3-5-6-10-13(11,12)8(4-2)7-9/h8,10H,3-6H2,1-2H3. The largest absolute Gasteiger partial charge is 0.227 e. The highest BCUT2D eigenvalue weighted by Gasteiger charge is 2.21. The van der Waals surface area contributed by atoms with Gasteiger partial charge in [0.1, 0.15) is 0 Å². The van der Waals surface area contributed by atoms with Gasteiger partial charge in [0.05, 0.1) is 6.07 Å². The van der Waals surface area contributed by atoms with Gasteiger partial charge in [-0.3, -0.25) is 0 Å². The average Bonchev–Trinajstić information content (AvgIpc) is 2.06. The first-order valence-corrected chi connectivity index (χ1v) is 6.01. The molecule has 0 aliphatic rings. The van der Waals surface area contributed by atoms with Gasteiger partial charge in [-0.1, -0.05) is 20.3 Å². The summed E-state index contributed by atoms with van der Waals surface area (Å²) >= 11 is 0. The number of hydrogen-bond donors (Lipinski definition) is 1. The van der Waals surface area contributed by atoms with Crippen molar-refractivity contribution in [2.24, 2.45) is 0 Å². The van der Waals surface area contributed by atoms with Crippen LogP contribution in [0.15, 0.2) is 0 Å².